The van der Waals surface area contributed by atoms with Crippen LogP contribution < -0.4 is 15.4 Å². The third kappa shape index (κ3) is 7.71. The fourth-order valence-corrected chi connectivity index (χ4v) is 6.08. The molecule has 2 aliphatic rings. The normalized spacial score (nSPS) is 16.6. The first-order valence-corrected chi connectivity index (χ1v) is 16.1. The van der Waals surface area contributed by atoms with Crippen LogP contribution in [-0.4, -0.2) is 86.2 Å². The summed E-state index contributed by atoms with van der Waals surface area (Å²) in [5.74, 6) is -0.609. The molecule has 0 aliphatic carbocycles. The molecule has 47 heavy (non-hydrogen) atoms. The van der Waals surface area contributed by atoms with Crippen LogP contribution in [-0.2, 0) is 20.9 Å². The molecule has 248 valence electrons. The summed E-state index contributed by atoms with van der Waals surface area (Å²) in [5, 5.41) is 15.3. The second-order valence-corrected chi connectivity index (χ2v) is 12.2. The van der Waals surface area contributed by atoms with Crippen molar-refractivity contribution >= 4 is 40.7 Å². The lowest BCUT2D eigenvalue weighted by Crippen LogP contribution is -2.42. The Morgan fingerprint density at radius 2 is 1.96 bits per heavy atom. The van der Waals surface area contributed by atoms with Gasteiger partial charge in [-0.1, -0.05) is 11.6 Å². The fourth-order valence-electron chi connectivity index (χ4n) is 5.90. The van der Waals surface area contributed by atoms with Gasteiger partial charge in [-0.15, -0.1) is 0 Å². The summed E-state index contributed by atoms with van der Waals surface area (Å²) < 4.78 is 27.9. The molecule has 0 saturated carbocycles. The maximum Gasteiger partial charge on any atom is 0.309 e. The number of likely N-dealkylation sites (tertiary alicyclic amines) is 1. The number of carbonyl (C=O) groups is 3. The van der Waals surface area contributed by atoms with Crippen LogP contribution in [0.4, 0.5) is 10.1 Å². The Kier molecular flexibility index (Phi) is 9.97. The van der Waals surface area contributed by atoms with Crippen molar-refractivity contribution in [2.75, 3.05) is 38.1 Å². The third-order valence-electron chi connectivity index (χ3n) is 8.42. The number of esters is 1. The molecule has 0 bridgehead atoms. The molecule has 1 atom stereocenters. The number of alkyl halides is 1. The summed E-state index contributed by atoms with van der Waals surface area (Å²) in [4.78, 5) is 45.5. The molecule has 2 fully saturated rings. The zero-order valence-corrected chi connectivity index (χ0v) is 26.7. The van der Waals surface area contributed by atoms with Crippen molar-refractivity contribution in [3.05, 3.63) is 59.6 Å². The van der Waals surface area contributed by atoms with E-state index in [1.807, 2.05) is 0 Å². The number of halogens is 2. The minimum absolute atomic E-state index is 0.137. The highest BCUT2D eigenvalue weighted by Gasteiger charge is 2.30. The molecule has 4 aromatic rings. The third-order valence-corrected chi connectivity index (χ3v) is 8.65. The second kappa shape index (κ2) is 14.5. The molecule has 2 aliphatic heterocycles. The number of hydrogen-bond acceptors (Lipinski definition) is 9. The van der Waals surface area contributed by atoms with Crippen LogP contribution in [0.25, 0.3) is 16.9 Å². The van der Waals surface area contributed by atoms with Crippen molar-refractivity contribution < 1.29 is 28.2 Å². The minimum atomic E-state index is -1.63. The number of amides is 2. The standard InChI is InChI=1S/C32H36ClFN8O5/c1-20(34)47-27-4-3-23(33)15-24(27)29-26(38-31(44)25-16-37-42-12-2-9-36-30(25)42)17-41(39-29)18-28(43)40-13-7-22(8-14-40)32(45)46-19-21-5-10-35-11-6-21/h2-4,9,12,15-17,20-22,35H,5-8,10-11,13-14,18-19H2,1H3,(H,38,44). The predicted molar refractivity (Wildman–Crippen MR) is 171 cm³/mol. The van der Waals surface area contributed by atoms with E-state index in [1.165, 1.54) is 34.6 Å². The molecule has 0 spiro atoms. The van der Waals surface area contributed by atoms with Crippen molar-refractivity contribution in [1.82, 2.24) is 34.6 Å². The number of nitrogens with one attached hydrogen (secondary N) is 2. The molecule has 6 rings (SSSR count). The fraction of sp³-hybridized carbons (Fsp3) is 0.438. The Hall–Kier alpha value is -4.56. The van der Waals surface area contributed by atoms with Crippen molar-refractivity contribution in [2.45, 2.75) is 45.5 Å². The zero-order valence-electron chi connectivity index (χ0n) is 25.9. The number of rotatable bonds is 10. The van der Waals surface area contributed by atoms with E-state index in [4.69, 9.17) is 21.1 Å². The summed E-state index contributed by atoms with van der Waals surface area (Å²) in [6.45, 7) is 4.25. The average molecular weight is 667 g/mol. The number of ether oxygens (including phenoxy) is 2. The van der Waals surface area contributed by atoms with Gasteiger partial charge in [-0.05, 0) is 69.0 Å². The Labute approximate surface area is 275 Å². The first-order valence-electron chi connectivity index (χ1n) is 15.7. The smallest absolute Gasteiger partial charge is 0.309 e. The molecule has 0 radical (unpaired) electrons. The average Bonchev–Trinajstić information content (AvgIpc) is 3.69. The van der Waals surface area contributed by atoms with Gasteiger partial charge < -0.3 is 25.0 Å². The van der Waals surface area contributed by atoms with Crippen LogP contribution in [0, 0.1) is 11.8 Å². The van der Waals surface area contributed by atoms with E-state index in [9.17, 15) is 18.8 Å². The molecular formula is C32H36ClFN8O5. The number of fused-ring (bicyclic) bond motifs is 1. The van der Waals surface area contributed by atoms with Gasteiger partial charge in [-0.25, -0.2) is 13.9 Å². The molecule has 13 nitrogen and oxygen atoms in total. The van der Waals surface area contributed by atoms with Gasteiger partial charge in [0.15, 0.2) is 5.65 Å². The van der Waals surface area contributed by atoms with Crippen molar-refractivity contribution in [3.8, 4) is 17.0 Å². The zero-order chi connectivity index (χ0) is 32.9. The minimum Gasteiger partial charge on any atom is -0.465 e. The van der Waals surface area contributed by atoms with E-state index in [1.54, 1.807) is 35.5 Å². The highest BCUT2D eigenvalue weighted by atomic mass is 35.5. The quantitative estimate of drug-likeness (QED) is 0.240. The molecule has 2 amide bonds. The first kappa shape index (κ1) is 32.4. The predicted octanol–water partition coefficient (Wildman–Crippen LogP) is 3.97. The van der Waals surface area contributed by atoms with E-state index in [-0.39, 0.29) is 47.0 Å². The number of carbonyl (C=O) groups excluding carboxylic acids is 3. The number of piperidine rings is 2. The number of aromatic nitrogens is 5. The molecular weight excluding hydrogens is 631 g/mol. The first-order chi connectivity index (χ1) is 22.7. The molecule has 15 heteroatoms. The van der Waals surface area contributed by atoms with Gasteiger partial charge in [-0.3, -0.25) is 19.1 Å². The van der Waals surface area contributed by atoms with Crippen LogP contribution >= 0.6 is 11.6 Å². The summed E-state index contributed by atoms with van der Waals surface area (Å²) >= 11 is 6.31. The number of anilines is 1. The Morgan fingerprint density at radius 3 is 2.72 bits per heavy atom. The topological polar surface area (TPSA) is 145 Å². The Balaban J connectivity index is 1.17. The lowest BCUT2D eigenvalue weighted by Gasteiger charge is -2.31. The van der Waals surface area contributed by atoms with Gasteiger partial charge in [0.1, 0.15) is 23.6 Å². The summed E-state index contributed by atoms with van der Waals surface area (Å²) in [6.07, 6.45) is 7.54. The maximum absolute atomic E-state index is 14.0. The highest BCUT2D eigenvalue weighted by Crippen LogP contribution is 2.37. The lowest BCUT2D eigenvalue weighted by atomic mass is 9.96. The van der Waals surface area contributed by atoms with Crippen molar-refractivity contribution in [1.29, 1.82) is 0 Å². The SMILES string of the molecule is CC(F)Oc1ccc(Cl)cc1-c1nn(CC(=O)N2CCC(C(=O)OCC3CCNCC3)CC2)cc1NC(=O)c1cnn2cccnc12. The van der Waals surface area contributed by atoms with Gasteiger partial charge in [0.05, 0.1) is 24.4 Å². The molecule has 2 N–H and O–H groups in total. The molecule has 5 heterocycles. The van der Waals surface area contributed by atoms with Crippen LogP contribution in [0.1, 0.15) is 43.0 Å². The van der Waals surface area contributed by atoms with Crippen LogP contribution in [0.5, 0.6) is 5.75 Å². The van der Waals surface area contributed by atoms with E-state index in [0.717, 1.165) is 25.9 Å². The largest absolute Gasteiger partial charge is 0.465 e. The number of hydrogen-bond donors (Lipinski definition) is 2. The Bertz CT molecular complexity index is 1750. The van der Waals surface area contributed by atoms with E-state index < -0.39 is 12.3 Å². The monoisotopic (exact) mass is 666 g/mol. The second-order valence-electron chi connectivity index (χ2n) is 11.8. The van der Waals surface area contributed by atoms with Gasteiger partial charge >= 0.3 is 5.97 Å². The lowest BCUT2D eigenvalue weighted by molar-refractivity contribution is -0.153. The van der Waals surface area contributed by atoms with E-state index in [2.05, 4.69) is 25.8 Å². The number of benzene rings is 1. The molecule has 3 aromatic heterocycles. The summed E-state index contributed by atoms with van der Waals surface area (Å²) in [7, 11) is 0. The molecule has 2 saturated heterocycles. The van der Waals surface area contributed by atoms with Crippen molar-refractivity contribution in [2.24, 2.45) is 11.8 Å². The molecule has 1 unspecified atom stereocenters. The van der Waals surface area contributed by atoms with Gasteiger partial charge in [0, 0.05) is 49.2 Å². The highest BCUT2D eigenvalue weighted by molar-refractivity contribution is 6.31. The maximum atomic E-state index is 14.0. The van der Waals surface area contributed by atoms with Gasteiger partial charge in [0.25, 0.3) is 5.91 Å². The van der Waals surface area contributed by atoms with E-state index >= 15 is 0 Å². The Morgan fingerprint density at radius 1 is 1.17 bits per heavy atom. The van der Waals surface area contributed by atoms with Gasteiger partial charge in [0.2, 0.25) is 12.3 Å². The number of nitrogens with zero attached hydrogens (tertiary/aromatic N) is 6. The molecule has 1 aromatic carbocycles. The van der Waals surface area contributed by atoms with Crippen LogP contribution in [0.2, 0.25) is 5.02 Å². The summed E-state index contributed by atoms with van der Waals surface area (Å²) in [6, 6.07) is 6.31. The summed E-state index contributed by atoms with van der Waals surface area (Å²) in [5.41, 5.74) is 1.37. The van der Waals surface area contributed by atoms with Crippen molar-refractivity contribution in [3.63, 3.8) is 0 Å². The van der Waals surface area contributed by atoms with E-state index in [0.29, 0.717) is 54.7 Å². The van der Waals surface area contributed by atoms with Gasteiger partial charge in [-0.2, -0.15) is 10.2 Å². The van der Waals surface area contributed by atoms with Crippen LogP contribution in [0.3, 0.4) is 0 Å². The van der Waals surface area contributed by atoms with Crippen LogP contribution in [0.15, 0.2) is 49.1 Å².